The first kappa shape index (κ1) is 15.1. The van der Waals surface area contributed by atoms with Gasteiger partial charge in [-0.25, -0.2) is 0 Å². The molecule has 2 aliphatic carbocycles. The lowest BCUT2D eigenvalue weighted by molar-refractivity contribution is -0.0111. The summed E-state index contributed by atoms with van der Waals surface area (Å²) < 4.78 is 0. The Labute approximate surface area is 129 Å². The normalized spacial score (nSPS) is 32.7. The van der Waals surface area contributed by atoms with Crippen LogP contribution in [0, 0.1) is 5.92 Å². The van der Waals surface area contributed by atoms with Crippen LogP contribution in [0.4, 0.5) is 0 Å². The molecule has 0 amide bonds. The maximum Gasteiger partial charge on any atom is 0.0772 e. The SMILES string of the molecule is CCC1CCC(O)(CNC2CCCc3ccccc32)CC1. The molecule has 2 nitrogen and oxygen atoms in total. The molecular weight excluding hydrogens is 258 g/mol. The fourth-order valence-corrected chi connectivity index (χ4v) is 4.08. The van der Waals surface area contributed by atoms with Gasteiger partial charge in [0.05, 0.1) is 5.60 Å². The van der Waals surface area contributed by atoms with E-state index in [1.807, 2.05) is 0 Å². The number of aliphatic hydroxyl groups is 1. The van der Waals surface area contributed by atoms with Crippen LogP contribution in [0.3, 0.4) is 0 Å². The fraction of sp³-hybridized carbons (Fsp3) is 0.684. The first-order valence-corrected chi connectivity index (χ1v) is 8.74. The fourth-order valence-electron chi connectivity index (χ4n) is 4.08. The molecule has 1 unspecified atom stereocenters. The minimum absolute atomic E-state index is 0.433. The van der Waals surface area contributed by atoms with Crippen molar-refractivity contribution in [3.63, 3.8) is 0 Å². The Hall–Kier alpha value is -0.860. The molecule has 1 fully saturated rings. The van der Waals surface area contributed by atoms with Gasteiger partial charge in [0.25, 0.3) is 0 Å². The Morgan fingerprint density at radius 1 is 1.19 bits per heavy atom. The number of nitrogens with one attached hydrogen (secondary N) is 1. The number of rotatable bonds is 4. The first-order valence-electron chi connectivity index (χ1n) is 8.74. The molecule has 0 heterocycles. The van der Waals surface area contributed by atoms with Gasteiger partial charge in [-0.15, -0.1) is 0 Å². The van der Waals surface area contributed by atoms with Crippen molar-refractivity contribution in [2.24, 2.45) is 5.92 Å². The number of fused-ring (bicyclic) bond motifs is 1. The van der Waals surface area contributed by atoms with Crippen LogP contribution in [-0.2, 0) is 6.42 Å². The Morgan fingerprint density at radius 3 is 2.71 bits per heavy atom. The number of benzene rings is 1. The molecule has 1 aromatic carbocycles. The molecule has 0 aliphatic heterocycles. The summed E-state index contributed by atoms with van der Waals surface area (Å²) in [6.45, 7) is 3.02. The predicted molar refractivity (Wildman–Crippen MR) is 87.3 cm³/mol. The van der Waals surface area contributed by atoms with Crippen LogP contribution in [0.5, 0.6) is 0 Å². The quantitative estimate of drug-likeness (QED) is 0.877. The third-order valence-electron chi connectivity index (χ3n) is 5.66. The number of aryl methyl sites for hydroxylation is 1. The summed E-state index contributed by atoms with van der Waals surface area (Å²) in [7, 11) is 0. The molecule has 2 heteroatoms. The molecule has 0 bridgehead atoms. The van der Waals surface area contributed by atoms with Crippen molar-refractivity contribution in [3.8, 4) is 0 Å². The minimum atomic E-state index is -0.474. The number of hydrogen-bond donors (Lipinski definition) is 2. The summed E-state index contributed by atoms with van der Waals surface area (Å²) in [5.41, 5.74) is 2.47. The van der Waals surface area contributed by atoms with E-state index in [1.54, 1.807) is 0 Å². The van der Waals surface area contributed by atoms with E-state index < -0.39 is 5.60 Å². The molecule has 21 heavy (non-hydrogen) atoms. The van der Waals surface area contributed by atoms with Gasteiger partial charge in [0.15, 0.2) is 0 Å². The highest BCUT2D eigenvalue weighted by molar-refractivity contribution is 5.32. The molecule has 0 saturated heterocycles. The second kappa shape index (κ2) is 6.50. The summed E-state index contributed by atoms with van der Waals surface area (Å²) in [6.07, 6.45) is 9.23. The molecule has 0 aromatic heterocycles. The summed E-state index contributed by atoms with van der Waals surface area (Å²) in [5, 5.41) is 14.5. The Kier molecular flexibility index (Phi) is 4.66. The van der Waals surface area contributed by atoms with Crippen LogP contribution in [0.15, 0.2) is 24.3 Å². The molecule has 3 rings (SSSR count). The smallest absolute Gasteiger partial charge is 0.0772 e. The van der Waals surface area contributed by atoms with Gasteiger partial charge in [-0.05, 0) is 62.0 Å². The van der Waals surface area contributed by atoms with Crippen molar-refractivity contribution in [2.75, 3.05) is 6.54 Å². The summed E-state index contributed by atoms with van der Waals surface area (Å²) in [4.78, 5) is 0. The first-order chi connectivity index (χ1) is 10.2. The van der Waals surface area contributed by atoms with E-state index in [0.717, 1.165) is 25.3 Å². The van der Waals surface area contributed by atoms with E-state index in [2.05, 4.69) is 36.5 Å². The van der Waals surface area contributed by atoms with Gasteiger partial charge in [0, 0.05) is 12.6 Å². The van der Waals surface area contributed by atoms with Crippen molar-refractivity contribution in [1.82, 2.24) is 5.32 Å². The molecule has 2 aliphatic rings. The van der Waals surface area contributed by atoms with Crippen molar-refractivity contribution in [1.29, 1.82) is 0 Å². The average molecular weight is 287 g/mol. The molecule has 0 spiro atoms. The molecular formula is C19H29NO. The topological polar surface area (TPSA) is 32.3 Å². The highest BCUT2D eigenvalue weighted by Crippen LogP contribution is 2.35. The molecule has 0 radical (unpaired) electrons. The average Bonchev–Trinajstić information content (AvgIpc) is 2.54. The van der Waals surface area contributed by atoms with Gasteiger partial charge < -0.3 is 10.4 Å². The third kappa shape index (κ3) is 3.49. The third-order valence-corrected chi connectivity index (χ3v) is 5.66. The lowest BCUT2D eigenvalue weighted by Gasteiger charge is -2.38. The molecule has 116 valence electrons. The Morgan fingerprint density at radius 2 is 1.95 bits per heavy atom. The van der Waals surface area contributed by atoms with E-state index in [-0.39, 0.29) is 0 Å². The van der Waals surface area contributed by atoms with Crippen molar-refractivity contribution < 1.29 is 5.11 Å². The highest BCUT2D eigenvalue weighted by Gasteiger charge is 2.33. The predicted octanol–water partition coefficient (Wildman–Crippen LogP) is 3.98. The van der Waals surface area contributed by atoms with E-state index in [4.69, 9.17) is 0 Å². The van der Waals surface area contributed by atoms with Crippen LogP contribution in [-0.4, -0.2) is 17.3 Å². The highest BCUT2D eigenvalue weighted by atomic mass is 16.3. The molecule has 1 saturated carbocycles. The van der Waals surface area contributed by atoms with Gasteiger partial charge >= 0.3 is 0 Å². The molecule has 2 N–H and O–H groups in total. The van der Waals surface area contributed by atoms with Crippen LogP contribution in [0.2, 0.25) is 0 Å². The van der Waals surface area contributed by atoms with Crippen LogP contribution in [0.1, 0.15) is 69.0 Å². The zero-order valence-electron chi connectivity index (χ0n) is 13.3. The van der Waals surface area contributed by atoms with Gasteiger partial charge in [-0.1, -0.05) is 37.6 Å². The van der Waals surface area contributed by atoms with Crippen molar-refractivity contribution in [2.45, 2.75) is 69.9 Å². The zero-order valence-corrected chi connectivity index (χ0v) is 13.3. The van der Waals surface area contributed by atoms with E-state index >= 15 is 0 Å². The van der Waals surface area contributed by atoms with E-state index in [1.165, 1.54) is 49.7 Å². The maximum atomic E-state index is 10.8. The largest absolute Gasteiger partial charge is 0.389 e. The lowest BCUT2D eigenvalue weighted by atomic mass is 9.77. The minimum Gasteiger partial charge on any atom is -0.389 e. The van der Waals surface area contributed by atoms with Crippen molar-refractivity contribution in [3.05, 3.63) is 35.4 Å². The van der Waals surface area contributed by atoms with Gasteiger partial charge in [0.2, 0.25) is 0 Å². The molecule has 1 aromatic rings. The maximum absolute atomic E-state index is 10.8. The van der Waals surface area contributed by atoms with Gasteiger partial charge in [0.1, 0.15) is 0 Å². The number of hydrogen-bond acceptors (Lipinski definition) is 2. The zero-order chi connectivity index (χ0) is 14.7. The van der Waals surface area contributed by atoms with E-state index in [9.17, 15) is 5.11 Å². The second-order valence-corrected chi connectivity index (χ2v) is 7.10. The Bertz CT molecular complexity index is 462. The van der Waals surface area contributed by atoms with Gasteiger partial charge in [-0.3, -0.25) is 0 Å². The summed E-state index contributed by atoms with van der Waals surface area (Å²) >= 11 is 0. The van der Waals surface area contributed by atoms with Crippen LogP contribution in [0.25, 0.3) is 0 Å². The van der Waals surface area contributed by atoms with Crippen LogP contribution < -0.4 is 5.32 Å². The molecule has 1 atom stereocenters. The monoisotopic (exact) mass is 287 g/mol. The lowest BCUT2D eigenvalue weighted by Crippen LogP contribution is -2.45. The summed E-state index contributed by atoms with van der Waals surface area (Å²) in [6, 6.07) is 9.22. The van der Waals surface area contributed by atoms with Crippen LogP contribution >= 0.6 is 0 Å². The summed E-state index contributed by atoms with van der Waals surface area (Å²) in [5.74, 6) is 0.834. The van der Waals surface area contributed by atoms with E-state index in [0.29, 0.717) is 6.04 Å². The second-order valence-electron chi connectivity index (χ2n) is 7.10. The standard InChI is InChI=1S/C19H29NO/c1-2-15-10-12-19(21,13-11-15)14-20-18-9-5-7-16-6-3-4-8-17(16)18/h3-4,6,8,15,18,20-21H,2,5,7,9-14H2,1H3. The van der Waals surface area contributed by atoms with Crippen molar-refractivity contribution >= 4 is 0 Å². The Balaban J connectivity index is 1.59. The van der Waals surface area contributed by atoms with Gasteiger partial charge in [-0.2, -0.15) is 0 Å².